The van der Waals surface area contributed by atoms with E-state index >= 15 is 0 Å². The van der Waals surface area contributed by atoms with Gasteiger partial charge in [0.25, 0.3) is 0 Å². The maximum atomic E-state index is 12.5. The van der Waals surface area contributed by atoms with E-state index in [4.69, 9.17) is 18.9 Å². The summed E-state index contributed by atoms with van der Waals surface area (Å²) in [4.78, 5) is 12.5. The number of hydrogen-bond acceptors (Lipinski definition) is 7. The van der Waals surface area contributed by atoms with Gasteiger partial charge >= 0.3 is 0 Å². The van der Waals surface area contributed by atoms with Crippen molar-refractivity contribution < 1.29 is 34.0 Å². The van der Waals surface area contributed by atoms with Gasteiger partial charge in [0.2, 0.25) is 5.79 Å². The van der Waals surface area contributed by atoms with Gasteiger partial charge in [-0.05, 0) is 55.6 Å². The monoisotopic (exact) mass is 458 g/mol. The molecule has 2 aliphatic heterocycles. The molecule has 6 rings (SSSR count). The van der Waals surface area contributed by atoms with E-state index in [1.165, 1.54) is 0 Å². The first-order valence-corrected chi connectivity index (χ1v) is 12.1. The number of rotatable bonds is 0. The van der Waals surface area contributed by atoms with Gasteiger partial charge in [-0.2, -0.15) is 0 Å². The first-order valence-electron chi connectivity index (χ1n) is 12.1. The quantitative estimate of drug-likeness (QED) is 0.424. The second kappa shape index (κ2) is 6.79. The van der Waals surface area contributed by atoms with Crippen LogP contribution in [0.1, 0.15) is 47.0 Å². The van der Waals surface area contributed by atoms with E-state index in [1.807, 2.05) is 0 Å². The molecule has 2 N–H and O–H groups in total. The van der Waals surface area contributed by atoms with Gasteiger partial charge in [-0.3, -0.25) is 4.79 Å². The molecule has 180 valence electrons. The molecule has 4 fully saturated rings. The smallest absolute Gasteiger partial charge is 0.227 e. The van der Waals surface area contributed by atoms with Crippen molar-refractivity contribution in [3.63, 3.8) is 0 Å². The maximum Gasteiger partial charge on any atom is 0.227 e. The van der Waals surface area contributed by atoms with Gasteiger partial charge in [0, 0.05) is 22.3 Å². The van der Waals surface area contributed by atoms with E-state index in [2.05, 4.69) is 33.8 Å². The lowest BCUT2D eigenvalue weighted by Gasteiger charge is -2.61. The predicted octanol–water partition coefficient (Wildman–Crippen LogP) is 3.40. The van der Waals surface area contributed by atoms with E-state index < -0.39 is 22.9 Å². The predicted molar refractivity (Wildman–Crippen MR) is 118 cm³/mol. The highest BCUT2D eigenvalue weighted by Gasteiger charge is 2.79. The third-order valence-electron chi connectivity index (χ3n) is 10.2. The van der Waals surface area contributed by atoms with Crippen molar-refractivity contribution in [3.05, 3.63) is 35.1 Å². The number of aliphatic hydroxyl groups is 2. The molecule has 2 heterocycles. The molecule has 9 unspecified atom stereocenters. The van der Waals surface area contributed by atoms with Crippen LogP contribution in [0.15, 0.2) is 35.1 Å². The standard InChI is InChI=1S/C26H34O7/c1-14-5-17-19-6-15(2)26(25(32-13-33-26)11-30-12-31-25)24(19,4)9-21(29)22(17)23(3)8-16(10-27)20(28)7-18(14)23/h5,7,10,15,17,19,21-22,27,29H,6,8-9,11-13H2,1-4H3/b16-10-. The Balaban J connectivity index is 1.49. The zero-order chi connectivity index (χ0) is 23.4. The summed E-state index contributed by atoms with van der Waals surface area (Å²) >= 11 is 0. The molecule has 9 atom stereocenters. The third kappa shape index (κ3) is 2.40. The van der Waals surface area contributed by atoms with Crippen LogP contribution in [0.2, 0.25) is 0 Å². The minimum absolute atomic E-state index is 0.0602. The van der Waals surface area contributed by atoms with E-state index in [0.29, 0.717) is 25.0 Å². The van der Waals surface area contributed by atoms with Crippen molar-refractivity contribution in [2.45, 2.75) is 64.4 Å². The normalized spacial score (nSPS) is 54.4. The van der Waals surface area contributed by atoms with Gasteiger partial charge in [-0.25, -0.2) is 0 Å². The highest BCUT2D eigenvalue weighted by atomic mass is 16.9. The molecule has 0 aromatic rings. The minimum atomic E-state index is -0.949. The summed E-state index contributed by atoms with van der Waals surface area (Å²) in [6.45, 7) is 9.33. The first kappa shape index (κ1) is 22.0. The van der Waals surface area contributed by atoms with Gasteiger partial charge in [0.05, 0.1) is 12.4 Å². The summed E-state index contributed by atoms with van der Waals surface area (Å²) < 4.78 is 24.4. The summed E-state index contributed by atoms with van der Waals surface area (Å²) in [5, 5.41) is 21.5. The molecule has 7 nitrogen and oxygen atoms in total. The number of allylic oxidation sites excluding steroid dienone is 5. The van der Waals surface area contributed by atoms with Crippen molar-refractivity contribution in [1.82, 2.24) is 0 Å². The fourth-order valence-corrected chi connectivity index (χ4v) is 9.19. The lowest BCUT2D eigenvalue weighted by atomic mass is 9.45. The lowest BCUT2D eigenvalue weighted by molar-refractivity contribution is -0.264. The van der Waals surface area contributed by atoms with Crippen LogP contribution < -0.4 is 0 Å². The van der Waals surface area contributed by atoms with Crippen LogP contribution in [0.25, 0.3) is 0 Å². The zero-order valence-corrected chi connectivity index (χ0v) is 19.8. The number of aliphatic hydroxyl groups excluding tert-OH is 2. The summed E-state index contributed by atoms with van der Waals surface area (Å²) in [6.07, 6.45) is 6.21. The molecule has 0 radical (unpaired) electrons. The minimum Gasteiger partial charge on any atom is -0.515 e. The van der Waals surface area contributed by atoms with Crippen molar-refractivity contribution >= 4 is 5.78 Å². The summed E-state index contributed by atoms with van der Waals surface area (Å²) in [5.41, 5.74) is 0.981. The van der Waals surface area contributed by atoms with E-state index in [1.54, 1.807) is 6.08 Å². The molecular formula is C26H34O7. The van der Waals surface area contributed by atoms with Crippen LogP contribution in [0.4, 0.5) is 0 Å². The summed E-state index contributed by atoms with van der Waals surface area (Å²) in [5.74, 6) is -0.640. The van der Waals surface area contributed by atoms with Gasteiger partial charge < -0.3 is 29.2 Å². The second-order valence-corrected chi connectivity index (χ2v) is 11.6. The molecular weight excluding hydrogens is 424 g/mol. The number of carbonyl (C=O) groups is 1. The molecule has 4 aliphatic carbocycles. The fourth-order valence-electron chi connectivity index (χ4n) is 9.19. The average Bonchev–Trinajstić information content (AvgIpc) is 3.44. The highest BCUT2D eigenvalue weighted by molar-refractivity contribution is 6.06. The third-order valence-corrected chi connectivity index (χ3v) is 10.2. The van der Waals surface area contributed by atoms with E-state index in [9.17, 15) is 15.0 Å². The van der Waals surface area contributed by atoms with Crippen molar-refractivity contribution in [1.29, 1.82) is 0 Å². The number of ketones is 1. The fraction of sp³-hybridized carbons (Fsp3) is 0.731. The first-order chi connectivity index (χ1) is 15.6. The Hall–Kier alpha value is -1.51. The molecule has 7 heteroatoms. The molecule has 0 aromatic carbocycles. The van der Waals surface area contributed by atoms with E-state index in [0.717, 1.165) is 23.8 Å². The Morgan fingerprint density at radius 1 is 1.18 bits per heavy atom. The van der Waals surface area contributed by atoms with Crippen molar-refractivity contribution in [2.24, 2.45) is 34.5 Å². The molecule has 6 aliphatic rings. The van der Waals surface area contributed by atoms with Crippen LogP contribution in [-0.2, 0) is 23.7 Å². The largest absolute Gasteiger partial charge is 0.515 e. The van der Waals surface area contributed by atoms with Crippen LogP contribution in [-0.4, -0.2) is 53.7 Å². The Labute approximate surface area is 194 Å². The van der Waals surface area contributed by atoms with Crippen molar-refractivity contribution in [3.8, 4) is 0 Å². The van der Waals surface area contributed by atoms with E-state index in [-0.39, 0.29) is 48.5 Å². The van der Waals surface area contributed by atoms with Crippen molar-refractivity contribution in [2.75, 3.05) is 20.2 Å². The molecule has 0 aromatic heterocycles. The highest BCUT2D eigenvalue weighted by Crippen LogP contribution is 2.72. The van der Waals surface area contributed by atoms with Gasteiger partial charge in [0.15, 0.2) is 19.4 Å². The Morgan fingerprint density at radius 2 is 1.94 bits per heavy atom. The SMILES string of the molecule is CC1=CC2C(C(O)CC3(C)C2CC(C)C32OCOC23COCO3)C2(C)C/C(=C/O)C(=O)C=C12. The number of carbonyl (C=O) groups excluding carboxylic acids is 1. The Kier molecular flexibility index (Phi) is 4.52. The molecule has 2 spiro atoms. The lowest BCUT2D eigenvalue weighted by Crippen LogP contribution is -2.67. The summed E-state index contributed by atoms with van der Waals surface area (Å²) in [7, 11) is 0. The van der Waals surface area contributed by atoms with Crippen LogP contribution >= 0.6 is 0 Å². The second-order valence-electron chi connectivity index (χ2n) is 11.6. The molecule has 0 bridgehead atoms. The number of fused-ring (bicyclic) bond motifs is 7. The van der Waals surface area contributed by atoms with Crippen LogP contribution in [0, 0.1) is 34.5 Å². The van der Waals surface area contributed by atoms with Gasteiger partial charge in [-0.1, -0.05) is 32.4 Å². The average molecular weight is 459 g/mol. The molecule has 33 heavy (non-hydrogen) atoms. The van der Waals surface area contributed by atoms with Crippen LogP contribution in [0.5, 0.6) is 0 Å². The Bertz CT molecular complexity index is 985. The Morgan fingerprint density at radius 3 is 2.64 bits per heavy atom. The maximum absolute atomic E-state index is 12.5. The topological polar surface area (TPSA) is 94.5 Å². The number of hydrogen-bond donors (Lipinski definition) is 2. The number of ether oxygens (including phenoxy) is 4. The molecule has 2 saturated heterocycles. The molecule has 0 amide bonds. The van der Waals surface area contributed by atoms with Gasteiger partial charge in [0.1, 0.15) is 12.2 Å². The van der Waals surface area contributed by atoms with Gasteiger partial charge in [-0.15, -0.1) is 0 Å². The summed E-state index contributed by atoms with van der Waals surface area (Å²) in [6, 6.07) is 0. The molecule has 2 saturated carbocycles. The van der Waals surface area contributed by atoms with Crippen LogP contribution in [0.3, 0.4) is 0 Å². The zero-order valence-electron chi connectivity index (χ0n) is 19.8.